The number of fused-ring (bicyclic) bond motifs is 1. The van der Waals surface area contributed by atoms with E-state index in [1.165, 1.54) is 0 Å². The van der Waals surface area contributed by atoms with Crippen LogP contribution in [0.25, 0.3) is 10.2 Å². The molecule has 0 bridgehead atoms. The van der Waals surface area contributed by atoms with Gasteiger partial charge in [0.2, 0.25) is 0 Å². The van der Waals surface area contributed by atoms with E-state index in [2.05, 4.69) is 9.97 Å². The molecule has 1 aliphatic heterocycles. The van der Waals surface area contributed by atoms with Crippen LogP contribution in [0.3, 0.4) is 0 Å². The highest BCUT2D eigenvalue weighted by molar-refractivity contribution is 7.18. The fraction of sp³-hybridized carbons (Fsp3) is 0.345. The van der Waals surface area contributed by atoms with Crippen LogP contribution >= 0.6 is 11.3 Å². The van der Waals surface area contributed by atoms with Crippen molar-refractivity contribution in [3.05, 3.63) is 89.2 Å². The number of pyridine rings is 1. The number of benzene rings is 2. The molecule has 1 aliphatic rings. The summed E-state index contributed by atoms with van der Waals surface area (Å²) in [7, 11) is 0. The number of thiazole rings is 1. The predicted molar refractivity (Wildman–Crippen MR) is 148 cm³/mol. The standard InChI is InChI=1S/C21H25N3O3S.C8H8O3/c1-15-23-18-13-17(4-5-19(18)28-15)27-12-6-20(25)24-10-7-21(26,8-11-24)16-3-2-9-22-14-16;9-7(8(10)11)6-4-2-1-3-5-6/h2-5,9,13-14,20,25-26H,6-8,10-12H2,1H3;1-5,7,9H,(H,10,11)/t20-;/m0./s1. The minimum absolute atomic E-state index is 0.403. The van der Waals surface area contributed by atoms with E-state index in [1.807, 2.05) is 42.2 Å². The Kier molecular flexibility index (Phi) is 9.60. The average molecular weight is 552 g/mol. The Morgan fingerprint density at radius 1 is 1.10 bits per heavy atom. The second-order valence-corrected chi connectivity index (χ2v) is 10.7. The van der Waals surface area contributed by atoms with Gasteiger partial charge in [0.15, 0.2) is 6.10 Å². The number of piperidine rings is 1. The Morgan fingerprint density at radius 3 is 2.51 bits per heavy atom. The van der Waals surface area contributed by atoms with Crippen LogP contribution in [-0.2, 0) is 10.4 Å². The molecule has 1 fully saturated rings. The third kappa shape index (κ3) is 7.59. The van der Waals surface area contributed by atoms with Gasteiger partial charge in [0.1, 0.15) is 12.0 Å². The molecule has 9 nitrogen and oxygen atoms in total. The van der Waals surface area contributed by atoms with Gasteiger partial charge in [0, 0.05) is 43.5 Å². The minimum atomic E-state index is -1.41. The molecule has 2 atom stereocenters. The maximum absolute atomic E-state index is 10.9. The maximum Gasteiger partial charge on any atom is 0.337 e. The van der Waals surface area contributed by atoms with Crippen molar-refractivity contribution in [1.29, 1.82) is 0 Å². The SMILES string of the molecule is Cc1nc2cc(OCC[C@H](O)N3CCC(O)(c4cccnc4)CC3)ccc2s1.O=C(O)C(O)c1ccccc1. The first kappa shape index (κ1) is 28.6. The van der Waals surface area contributed by atoms with Crippen molar-refractivity contribution in [2.45, 2.75) is 44.1 Å². The molecule has 206 valence electrons. The molecule has 2 aromatic carbocycles. The summed E-state index contributed by atoms with van der Waals surface area (Å²) in [4.78, 5) is 20.8. The molecule has 0 amide bonds. The summed E-state index contributed by atoms with van der Waals surface area (Å²) in [5, 5.41) is 39.8. The van der Waals surface area contributed by atoms with Crippen LogP contribution in [0.15, 0.2) is 73.1 Å². The van der Waals surface area contributed by atoms with Crippen LogP contribution in [0.5, 0.6) is 5.75 Å². The van der Waals surface area contributed by atoms with E-state index >= 15 is 0 Å². The van der Waals surface area contributed by atoms with Gasteiger partial charge in [-0.2, -0.15) is 0 Å². The Balaban J connectivity index is 0.000000270. The number of hydrogen-bond acceptors (Lipinski definition) is 9. The van der Waals surface area contributed by atoms with Crippen LogP contribution in [-0.4, -0.2) is 67.2 Å². The first-order valence-electron chi connectivity index (χ1n) is 12.8. The fourth-order valence-electron chi connectivity index (χ4n) is 4.47. The first-order chi connectivity index (χ1) is 18.7. The van der Waals surface area contributed by atoms with E-state index in [-0.39, 0.29) is 0 Å². The van der Waals surface area contributed by atoms with Crippen LogP contribution < -0.4 is 4.74 Å². The molecule has 0 spiro atoms. The van der Waals surface area contributed by atoms with Gasteiger partial charge in [0.05, 0.1) is 27.4 Å². The van der Waals surface area contributed by atoms with E-state index in [1.54, 1.807) is 54.1 Å². The Morgan fingerprint density at radius 2 is 1.85 bits per heavy atom. The van der Waals surface area contributed by atoms with Crippen molar-refractivity contribution in [2.24, 2.45) is 0 Å². The van der Waals surface area contributed by atoms with Gasteiger partial charge in [0.25, 0.3) is 0 Å². The third-order valence-electron chi connectivity index (χ3n) is 6.71. The second-order valence-electron chi connectivity index (χ2n) is 9.44. The lowest BCUT2D eigenvalue weighted by Gasteiger charge is -2.40. The van der Waals surface area contributed by atoms with Gasteiger partial charge < -0.3 is 25.2 Å². The van der Waals surface area contributed by atoms with Crippen molar-refractivity contribution < 1.29 is 30.0 Å². The van der Waals surface area contributed by atoms with Crippen molar-refractivity contribution in [1.82, 2.24) is 14.9 Å². The van der Waals surface area contributed by atoms with Gasteiger partial charge in [-0.05, 0) is 43.5 Å². The largest absolute Gasteiger partial charge is 0.493 e. The van der Waals surface area contributed by atoms with Crippen molar-refractivity contribution in [3.63, 3.8) is 0 Å². The third-order valence-corrected chi connectivity index (χ3v) is 7.66. The van der Waals surface area contributed by atoms with Gasteiger partial charge in [-0.1, -0.05) is 36.4 Å². The lowest BCUT2D eigenvalue weighted by molar-refractivity contribution is -0.146. The summed E-state index contributed by atoms with van der Waals surface area (Å²) in [6.45, 7) is 3.70. The average Bonchev–Trinajstić information content (AvgIpc) is 3.33. The van der Waals surface area contributed by atoms with Crippen molar-refractivity contribution >= 4 is 27.5 Å². The number of rotatable bonds is 8. The van der Waals surface area contributed by atoms with Gasteiger partial charge in [-0.3, -0.25) is 9.88 Å². The number of aliphatic hydroxyl groups excluding tert-OH is 2. The van der Waals surface area contributed by atoms with Gasteiger partial charge >= 0.3 is 5.97 Å². The summed E-state index contributed by atoms with van der Waals surface area (Å²) in [6, 6.07) is 17.9. The predicted octanol–water partition coefficient (Wildman–Crippen LogP) is 3.88. The Hall–Kier alpha value is -3.41. The van der Waals surface area contributed by atoms with Crippen molar-refractivity contribution in [3.8, 4) is 5.75 Å². The van der Waals surface area contributed by atoms with Crippen LogP contribution in [0.2, 0.25) is 0 Å². The van der Waals surface area contributed by atoms with Crippen LogP contribution in [0.1, 0.15) is 41.5 Å². The smallest absolute Gasteiger partial charge is 0.337 e. The zero-order valence-electron chi connectivity index (χ0n) is 21.7. The molecule has 1 unspecified atom stereocenters. The molecule has 39 heavy (non-hydrogen) atoms. The summed E-state index contributed by atoms with van der Waals surface area (Å²) < 4.78 is 6.97. The van der Waals surface area contributed by atoms with E-state index in [9.17, 15) is 15.0 Å². The molecule has 1 saturated heterocycles. The number of aliphatic carboxylic acids is 1. The zero-order valence-corrected chi connectivity index (χ0v) is 22.5. The zero-order chi connectivity index (χ0) is 27.8. The monoisotopic (exact) mass is 551 g/mol. The second kappa shape index (κ2) is 13.1. The quantitative estimate of drug-likeness (QED) is 0.257. The number of aromatic nitrogens is 2. The van der Waals surface area contributed by atoms with Crippen molar-refractivity contribution in [2.75, 3.05) is 19.7 Å². The molecule has 0 radical (unpaired) electrons. The normalized spacial score (nSPS) is 16.6. The molecular formula is C29H33N3O6S. The number of ether oxygens (including phenoxy) is 1. The lowest BCUT2D eigenvalue weighted by atomic mass is 9.85. The number of carboxylic acid groups (broad SMARTS) is 1. The molecule has 4 N–H and O–H groups in total. The number of hydrogen-bond donors (Lipinski definition) is 4. The van der Waals surface area contributed by atoms with Crippen LogP contribution in [0.4, 0.5) is 0 Å². The molecule has 0 saturated carbocycles. The van der Waals surface area contributed by atoms with E-state index in [4.69, 9.17) is 14.9 Å². The highest BCUT2D eigenvalue weighted by Gasteiger charge is 2.35. The molecule has 10 heteroatoms. The number of carbonyl (C=O) groups is 1. The Labute approximate surface area is 231 Å². The fourth-order valence-corrected chi connectivity index (χ4v) is 5.28. The summed E-state index contributed by atoms with van der Waals surface area (Å²) in [6.07, 6.45) is 3.12. The maximum atomic E-state index is 10.9. The van der Waals surface area contributed by atoms with Crippen LogP contribution in [0, 0.1) is 6.92 Å². The molecule has 5 rings (SSSR count). The lowest BCUT2D eigenvalue weighted by Crippen LogP contribution is -2.47. The molecule has 4 aromatic rings. The number of carboxylic acids is 1. The Bertz CT molecular complexity index is 1340. The van der Waals surface area contributed by atoms with E-state index in [0.29, 0.717) is 44.5 Å². The topological polar surface area (TPSA) is 136 Å². The van der Waals surface area contributed by atoms with Gasteiger partial charge in [-0.15, -0.1) is 11.3 Å². The summed E-state index contributed by atoms with van der Waals surface area (Å²) in [5.74, 6) is -0.453. The highest BCUT2D eigenvalue weighted by Crippen LogP contribution is 2.33. The van der Waals surface area contributed by atoms with E-state index in [0.717, 1.165) is 26.5 Å². The number of aliphatic hydroxyl groups is 3. The number of nitrogens with zero attached hydrogens (tertiary/aromatic N) is 3. The van der Waals surface area contributed by atoms with Gasteiger partial charge in [-0.25, -0.2) is 9.78 Å². The first-order valence-corrected chi connectivity index (χ1v) is 13.6. The molecule has 0 aliphatic carbocycles. The minimum Gasteiger partial charge on any atom is -0.493 e. The molecular weight excluding hydrogens is 518 g/mol. The number of aryl methyl sites for hydroxylation is 1. The molecule has 3 heterocycles. The summed E-state index contributed by atoms with van der Waals surface area (Å²) in [5.41, 5.74) is 1.34. The molecule has 2 aromatic heterocycles. The van der Waals surface area contributed by atoms with E-state index < -0.39 is 23.9 Å². The highest BCUT2D eigenvalue weighted by atomic mass is 32.1. The number of likely N-dealkylation sites (tertiary alicyclic amines) is 1. The summed E-state index contributed by atoms with van der Waals surface area (Å²) >= 11 is 1.67.